The number of carbonyl (C=O) groups excluding carboxylic acids is 1. The van der Waals surface area contributed by atoms with Crippen LogP contribution in [-0.4, -0.2) is 41.5 Å². The number of aromatic nitrogens is 1. The zero-order valence-electron chi connectivity index (χ0n) is 12.1. The Bertz CT molecular complexity index is 478. The lowest BCUT2D eigenvalue weighted by molar-refractivity contribution is 0.0695. The zero-order chi connectivity index (χ0) is 13.9. The molecule has 1 aromatic heterocycles. The highest BCUT2D eigenvalue weighted by molar-refractivity contribution is 5.92. The van der Waals surface area contributed by atoms with Crippen molar-refractivity contribution in [1.82, 2.24) is 15.2 Å². The summed E-state index contributed by atoms with van der Waals surface area (Å²) < 4.78 is 0. The van der Waals surface area contributed by atoms with Gasteiger partial charge in [0, 0.05) is 18.3 Å². The Hall–Kier alpha value is -1.42. The number of nitrogens with zero attached hydrogens (tertiary/aromatic N) is 2. The van der Waals surface area contributed by atoms with Crippen LogP contribution in [-0.2, 0) is 0 Å². The van der Waals surface area contributed by atoms with Gasteiger partial charge in [0.1, 0.15) is 5.69 Å². The summed E-state index contributed by atoms with van der Waals surface area (Å²) in [4.78, 5) is 19.2. The molecular weight excluding hydrogens is 250 g/mol. The molecule has 2 aliphatic rings. The average Bonchev–Trinajstić information content (AvgIpc) is 3.30. The molecule has 2 heterocycles. The molecule has 0 spiro atoms. The van der Waals surface area contributed by atoms with Crippen LogP contribution in [0.3, 0.4) is 0 Å². The third-order valence-electron chi connectivity index (χ3n) is 4.27. The molecule has 4 nitrogen and oxygen atoms in total. The van der Waals surface area contributed by atoms with Gasteiger partial charge >= 0.3 is 0 Å². The van der Waals surface area contributed by atoms with Crippen LogP contribution >= 0.6 is 0 Å². The second-order valence-electron chi connectivity index (χ2n) is 6.05. The number of piperidine rings is 1. The topological polar surface area (TPSA) is 45.2 Å². The highest BCUT2D eigenvalue weighted by Gasteiger charge is 2.35. The van der Waals surface area contributed by atoms with Gasteiger partial charge in [-0.1, -0.05) is 6.07 Å². The standard InChI is InChI=1S/C16H23N3O/c1-12-3-2-4-15(18-12)16(20)19(14-5-6-14)11-13-7-9-17-10-8-13/h2-4,13-14,17H,5-11H2,1H3. The van der Waals surface area contributed by atoms with E-state index in [1.54, 1.807) is 0 Å². The third-order valence-corrected chi connectivity index (χ3v) is 4.27. The van der Waals surface area contributed by atoms with Crippen molar-refractivity contribution in [2.24, 2.45) is 5.92 Å². The van der Waals surface area contributed by atoms with E-state index in [2.05, 4.69) is 15.2 Å². The molecule has 108 valence electrons. The Labute approximate surface area is 120 Å². The van der Waals surface area contributed by atoms with Gasteiger partial charge < -0.3 is 10.2 Å². The van der Waals surface area contributed by atoms with Crippen molar-refractivity contribution in [2.45, 2.75) is 38.6 Å². The summed E-state index contributed by atoms with van der Waals surface area (Å²) in [6, 6.07) is 6.16. The molecule has 2 fully saturated rings. The SMILES string of the molecule is Cc1cccc(C(=O)N(CC2CCNCC2)C2CC2)n1. The van der Waals surface area contributed by atoms with Gasteiger partial charge in [-0.3, -0.25) is 4.79 Å². The van der Waals surface area contributed by atoms with E-state index in [-0.39, 0.29) is 5.91 Å². The van der Waals surface area contributed by atoms with E-state index in [0.717, 1.165) is 38.2 Å². The fourth-order valence-electron chi connectivity index (χ4n) is 2.94. The minimum Gasteiger partial charge on any atom is -0.334 e. The Morgan fingerprint density at radius 3 is 2.70 bits per heavy atom. The quantitative estimate of drug-likeness (QED) is 0.912. The first-order valence-corrected chi connectivity index (χ1v) is 7.69. The third kappa shape index (κ3) is 3.18. The van der Waals surface area contributed by atoms with E-state index < -0.39 is 0 Å². The number of carbonyl (C=O) groups is 1. The Balaban J connectivity index is 1.71. The molecule has 1 aliphatic heterocycles. The van der Waals surface area contributed by atoms with Gasteiger partial charge in [0.05, 0.1) is 0 Å². The summed E-state index contributed by atoms with van der Waals surface area (Å²) in [5.74, 6) is 0.764. The molecule has 1 N–H and O–H groups in total. The maximum absolute atomic E-state index is 12.7. The molecule has 1 aromatic rings. The maximum Gasteiger partial charge on any atom is 0.272 e. The summed E-state index contributed by atoms with van der Waals surface area (Å²) in [6.07, 6.45) is 4.67. The summed E-state index contributed by atoms with van der Waals surface area (Å²) in [5.41, 5.74) is 1.51. The fourth-order valence-corrected chi connectivity index (χ4v) is 2.94. The molecule has 3 rings (SSSR count). The summed E-state index contributed by atoms with van der Waals surface area (Å²) in [5, 5.41) is 3.39. The van der Waals surface area contributed by atoms with Gasteiger partial charge in [0.2, 0.25) is 0 Å². The maximum atomic E-state index is 12.7. The normalized spacial score (nSPS) is 19.9. The monoisotopic (exact) mass is 273 g/mol. The molecule has 1 aliphatic carbocycles. The molecule has 1 saturated heterocycles. The lowest BCUT2D eigenvalue weighted by Gasteiger charge is -2.30. The second-order valence-corrected chi connectivity index (χ2v) is 6.05. The second kappa shape index (κ2) is 5.92. The van der Waals surface area contributed by atoms with E-state index in [9.17, 15) is 4.79 Å². The van der Waals surface area contributed by atoms with E-state index in [0.29, 0.717) is 17.7 Å². The first-order valence-electron chi connectivity index (χ1n) is 7.69. The van der Waals surface area contributed by atoms with Gasteiger partial charge in [0.15, 0.2) is 0 Å². The number of aryl methyl sites for hydroxylation is 1. The molecule has 0 unspecified atom stereocenters. The van der Waals surface area contributed by atoms with Gasteiger partial charge in [0.25, 0.3) is 5.91 Å². The van der Waals surface area contributed by atoms with Crippen molar-refractivity contribution < 1.29 is 4.79 Å². The molecular formula is C16H23N3O. The lowest BCUT2D eigenvalue weighted by Crippen LogP contribution is -2.40. The molecule has 0 atom stereocenters. The average molecular weight is 273 g/mol. The first kappa shape index (κ1) is 13.6. The van der Waals surface area contributed by atoms with Gasteiger partial charge in [-0.25, -0.2) is 4.98 Å². The van der Waals surface area contributed by atoms with Crippen molar-refractivity contribution in [3.05, 3.63) is 29.6 Å². The van der Waals surface area contributed by atoms with Crippen LogP contribution in [0, 0.1) is 12.8 Å². The molecule has 0 aromatic carbocycles. The van der Waals surface area contributed by atoms with Crippen molar-refractivity contribution >= 4 is 5.91 Å². The van der Waals surface area contributed by atoms with E-state index in [1.165, 1.54) is 12.8 Å². The van der Waals surface area contributed by atoms with Gasteiger partial charge in [-0.05, 0) is 63.7 Å². The number of amides is 1. The molecule has 0 bridgehead atoms. The van der Waals surface area contributed by atoms with Crippen LogP contribution in [0.2, 0.25) is 0 Å². The van der Waals surface area contributed by atoms with Crippen molar-refractivity contribution in [1.29, 1.82) is 0 Å². The Morgan fingerprint density at radius 1 is 1.30 bits per heavy atom. The minimum absolute atomic E-state index is 0.120. The highest BCUT2D eigenvalue weighted by Crippen LogP contribution is 2.30. The van der Waals surface area contributed by atoms with Crippen LogP contribution in [0.4, 0.5) is 0 Å². The molecule has 1 amide bonds. The molecule has 0 radical (unpaired) electrons. The molecule has 1 saturated carbocycles. The van der Waals surface area contributed by atoms with E-state index in [1.807, 2.05) is 25.1 Å². The summed E-state index contributed by atoms with van der Waals surface area (Å²) in [7, 11) is 0. The highest BCUT2D eigenvalue weighted by atomic mass is 16.2. The van der Waals surface area contributed by atoms with Gasteiger partial charge in [-0.2, -0.15) is 0 Å². The first-order chi connectivity index (χ1) is 9.74. The Morgan fingerprint density at radius 2 is 2.05 bits per heavy atom. The van der Waals surface area contributed by atoms with Crippen molar-refractivity contribution in [3.8, 4) is 0 Å². The zero-order valence-corrected chi connectivity index (χ0v) is 12.1. The predicted octanol–water partition coefficient (Wildman–Crippen LogP) is 1.99. The van der Waals surface area contributed by atoms with Crippen LogP contribution in [0.15, 0.2) is 18.2 Å². The number of rotatable bonds is 4. The molecule has 4 heteroatoms. The molecule has 20 heavy (non-hydrogen) atoms. The van der Waals surface area contributed by atoms with Crippen LogP contribution in [0.1, 0.15) is 41.9 Å². The van der Waals surface area contributed by atoms with Crippen LogP contribution in [0.25, 0.3) is 0 Å². The van der Waals surface area contributed by atoms with E-state index >= 15 is 0 Å². The number of hydrogen-bond acceptors (Lipinski definition) is 3. The fraction of sp³-hybridized carbons (Fsp3) is 0.625. The smallest absolute Gasteiger partial charge is 0.272 e. The largest absolute Gasteiger partial charge is 0.334 e. The lowest BCUT2D eigenvalue weighted by atomic mass is 9.97. The van der Waals surface area contributed by atoms with Crippen LogP contribution in [0.5, 0.6) is 0 Å². The van der Waals surface area contributed by atoms with Crippen molar-refractivity contribution in [2.75, 3.05) is 19.6 Å². The number of hydrogen-bond donors (Lipinski definition) is 1. The van der Waals surface area contributed by atoms with E-state index in [4.69, 9.17) is 0 Å². The predicted molar refractivity (Wildman–Crippen MR) is 78.6 cm³/mol. The number of nitrogens with one attached hydrogen (secondary N) is 1. The summed E-state index contributed by atoms with van der Waals surface area (Å²) in [6.45, 7) is 5.01. The van der Waals surface area contributed by atoms with Crippen molar-refractivity contribution in [3.63, 3.8) is 0 Å². The number of pyridine rings is 1. The van der Waals surface area contributed by atoms with Gasteiger partial charge in [-0.15, -0.1) is 0 Å². The Kier molecular flexibility index (Phi) is 4.01. The minimum atomic E-state index is 0.120. The van der Waals surface area contributed by atoms with Crippen LogP contribution < -0.4 is 5.32 Å². The summed E-state index contributed by atoms with van der Waals surface area (Å²) >= 11 is 0.